The Morgan fingerprint density at radius 1 is 1.11 bits per heavy atom. The Kier molecular flexibility index (Phi) is 9.22. The molecular weight excluding hydrogens is 571 g/mol. The van der Waals surface area contributed by atoms with Crippen LogP contribution in [0.25, 0.3) is 6.08 Å². The first kappa shape index (κ1) is 27.8. The second-order valence-corrected chi connectivity index (χ2v) is 10.8. The molecule has 38 heavy (non-hydrogen) atoms. The fraction of sp³-hybridized carbons (Fsp3) is 0.154. The maximum atomic E-state index is 12.8. The highest BCUT2D eigenvalue weighted by Gasteiger charge is 2.36. The van der Waals surface area contributed by atoms with Crippen LogP contribution in [0.2, 0.25) is 10.0 Å². The summed E-state index contributed by atoms with van der Waals surface area (Å²) in [7, 11) is 0. The predicted molar refractivity (Wildman–Crippen MR) is 148 cm³/mol. The first-order chi connectivity index (χ1) is 18.2. The Bertz CT molecular complexity index is 1420. The minimum atomic E-state index is -0.622. The Hall–Kier alpha value is -3.18. The van der Waals surface area contributed by atoms with Gasteiger partial charge in [0.25, 0.3) is 11.1 Å². The number of halogens is 2. The lowest BCUT2D eigenvalue weighted by atomic mass is 10.2. The molecule has 0 radical (unpaired) electrons. The number of hydrogen-bond donors (Lipinski definition) is 1. The molecule has 3 aromatic rings. The van der Waals surface area contributed by atoms with Crippen molar-refractivity contribution in [3.63, 3.8) is 0 Å². The zero-order valence-corrected chi connectivity index (χ0v) is 23.0. The molecule has 1 aromatic heterocycles. The van der Waals surface area contributed by atoms with Gasteiger partial charge in [-0.05, 0) is 72.8 Å². The molecule has 1 N–H and O–H groups in total. The van der Waals surface area contributed by atoms with Crippen LogP contribution in [-0.2, 0) is 14.3 Å². The van der Waals surface area contributed by atoms with Crippen LogP contribution in [0.1, 0.15) is 29.5 Å². The summed E-state index contributed by atoms with van der Waals surface area (Å²) in [6, 6.07) is 15.0. The monoisotopic (exact) mass is 590 g/mol. The van der Waals surface area contributed by atoms with Crippen molar-refractivity contribution in [3.05, 3.63) is 80.9 Å². The van der Waals surface area contributed by atoms with Gasteiger partial charge >= 0.3 is 5.97 Å². The number of nitrogens with one attached hydrogen (secondary N) is 1. The Morgan fingerprint density at radius 3 is 2.61 bits per heavy atom. The van der Waals surface area contributed by atoms with E-state index in [2.05, 4.69) is 5.32 Å². The molecule has 1 aliphatic rings. The molecule has 4 rings (SSSR count). The molecule has 1 fully saturated rings. The largest absolute Gasteiger partial charge is 0.462 e. The van der Waals surface area contributed by atoms with E-state index in [0.717, 1.165) is 9.80 Å². The topological polar surface area (TPSA) is 106 Å². The number of nitrogens with zero attached hydrogens (tertiary/aromatic N) is 1. The van der Waals surface area contributed by atoms with Gasteiger partial charge in [0.2, 0.25) is 5.91 Å². The highest BCUT2D eigenvalue weighted by molar-refractivity contribution is 8.18. The summed E-state index contributed by atoms with van der Waals surface area (Å²) in [5.41, 5.74) is 0.366. The maximum Gasteiger partial charge on any atom is 0.339 e. The Balaban J connectivity index is 1.38. The number of imide groups is 1. The second-order valence-electron chi connectivity index (χ2n) is 7.86. The number of hydrogen-bond acceptors (Lipinski definition) is 8. The molecule has 2 aromatic carbocycles. The lowest BCUT2D eigenvalue weighted by Crippen LogP contribution is -2.36. The molecule has 2 heterocycles. The number of esters is 1. The van der Waals surface area contributed by atoms with Crippen molar-refractivity contribution in [1.29, 1.82) is 0 Å². The molecule has 0 bridgehead atoms. The summed E-state index contributed by atoms with van der Waals surface area (Å²) in [6.07, 6.45) is 2.11. The van der Waals surface area contributed by atoms with Crippen molar-refractivity contribution in [2.24, 2.45) is 0 Å². The van der Waals surface area contributed by atoms with E-state index in [4.69, 9.17) is 32.4 Å². The summed E-state index contributed by atoms with van der Waals surface area (Å²) in [5.74, 6) is -1.46. The van der Waals surface area contributed by atoms with Crippen molar-refractivity contribution < 1.29 is 28.3 Å². The van der Waals surface area contributed by atoms with Crippen LogP contribution in [-0.4, -0.2) is 41.1 Å². The van der Waals surface area contributed by atoms with Crippen LogP contribution in [0.4, 0.5) is 10.5 Å². The van der Waals surface area contributed by atoms with Gasteiger partial charge in [-0.3, -0.25) is 19.3 Å². The quantitative estimate of drug-likeness (QED) is 0.210. The fourth-order valence-electron chi connectivity index (χ4n) is 3.23. The standard InChI is InChI=1S/C26H20Cl2N2O6S2/c1-2-11-35-25(33)19-12-16(5-9-20(19)28)29-22(31)14-30-24(32)21(38-26(30)34)13-17-6-10-23(36-17)37-18-7-3-15(27)4-8-18/h3-10,12-13H,2,11,14H2,1H3,(H,29,31)/b21-13-. The third-order valence-corrected chi connectivity index (χ3v) is 7.41. The molecule has 0 atom stereocenters. The van der Waals surface area contributed by atoms with Crippen molar-refractivity contribution >= 4 is 81.5 Å². The van der Waals surface area contributed by atoms with E-state index in [0.29, 0.717) is 34.1 Å². The van der Waals surface area contributed by atoms with Crippen molar-refractivity contribution in [1.82, 2.24) is 4.90 Å². The van der Waals surface area contributed by atoms with E-state index in [-0.39, 0.29) is 27.8 Å². The van der Waals surface area contributed by atoms with E-state index < -0.39 is 29.6 Å². The number of ether oxygens (including phenoxy) is 1. The smallest absolute Gasteiger partial charge is 0.339 e. The van der Waals surface area contributed by atoms with Crippen molar-refractivity contribution in [2.45, 2.75) is 23.3 Å². The van der Waals surface area contributed by atoms with Gasteiger partial charge in [0, 0.05) is 21.7 Å². The van der Waals surface area contributed by atoms with Gasteiger partial charge in [-0.25, -0.2) is 4.79 Å². The van der Waals surface area contributed by atoms with E-state index in [1.165, 1.54) is 36.0 Å². The zero-order valence-electron chi connectivity index (χ0n) is 19.9. The number of benzene rings is 2. The number of carbonyl (C=O) groups is 4. The van der Waals surface area contributed by atoms with Crippen molar-refractivity contribution in [3.8, 4) is 0 Å². The summed E-state index contributed by atoms with van der Waals surface area (Å²) in [5, 5.41) is 3.39. The molecule has 8 nitrogen and oxygen atoms in total. The van der Waals surface area contributed by atoms with Gasteiger partial charge in [-0.1, -0.05) is 41.9 Å². The number of amides is 3. The minimum absolute atomic E-state index is 0.0964. The van der Waals surface area contributed by atoms with E-state index in [1.54, 1.807) is 24.3 Å². The number of furan rings is 1. The first-order valence-electron chi connectivity index (χ1n) is 11.3. The Labute approximate surface area is 236 Å². The van der Waals surface area contributed by atoms with Gasteiger partial charge in [0.05, 0.1) is 22.1 Å². The van der Waals surface area contributed by atoms with Crippen LogP contribution in [0.3, 0.4) is 0 Å². The molecule has 1 saturated heterocycles. The number of carbonyl (C=O) groups excluding carboxylic acids is 4. The highest BCUT2D eigenvalue weighted by atomic mass is 35.5. The molecule has 0 spiro atoms. The Morgan fingerprint density at radius 2 is 1.87 bits per heavy atom. The minimum Gasteiger partial charge on any atom is -0.462 e. The molecule has 1 aliphatic heterocycles. The first-order valence-corrected chi connectivity index (χ1v) is 13.7. The summed E-state index contributed by atoms with van der Waals surface area (Å²) in [6.45, 7) is 1.59. The lowest BCUT2D eigenvalue weighted by Gasteiger charge is -2.13. The maximum absolute atomic E-state index is 12.8. The number of anilines is 1. The predicted octanol–water partition coefficient (Wildman–Crippen LogP) is 6.98. The van der Waals surface area contributed by atoms with Crippen LogP contribution in [0.5, 0.6) is 0 Å². The van der Waals surface area contributed by atoms with Gasteiger partial charge in [0.15, 0.2) is 5.09 Å². The van der Waals surface area contributed by atoms with Crippen LogP contribution < -0.4 is 5.32 Å². The summed E-state index contributed by atoms with van der Waals surface area (Å²) in [4.78, 5) is 52.0. The summed E-state index contributed by atoms with van der Waals surface area (Å²) < 4.78 is 10.8. The van der Waals surface area contributed by atoms with Gasteiger partial charge in [-0.2, -0.15) is 0 Å². The molecule has 0 saturated carbocycles. The molecule has 0 unspecified atom stereocenters. The molecular formula is C26H20Cl2N2O6S2. The normalized spacial score (nSPS) is 14.3. The number of rotatable bonds is 9. The van der Waals surface area contributed by atoms with Crippen LogP contribution >= 0.6 is 46.7 Å². The van der Waals surface area contributed by atoms with Gasteiger partial charge < -0.3 is 14.5 Å². The highest BCUT2D eigenvalue weighted by Crippen LogP contribution is 2.35. The number of thioether (sulfide) groups is 1. The molecule has 3 amide bonds. The zero-order chi connectivity index (χ0) is 27.2. The van der Waals surface area contributed by atoms with E-state index in [9.17, 15) is 19.2 Å². The average Bonchev–Trinajstić information content (AvgIpc) is 3.44. The molecule has 12 heteroatoms. The van der Waals surface area contributed by atoms with Crippen molar-refractivity contribution in [2.75, 3.05) is 18.5 Å². The van der Waals surface area contributed by atoms with Crippen LogP contribution in [0.15, 0.2) is 73.9 Å². The van der Waals surface area contributed by atoms with Gasteiger partial charge in [-0.15, -0.1) is 0 Å². The fourth-order valence-corrected chi connectivity index (χ4v) is 5.14. The third kappa shape index (κ3) is 7.02. The lowest BCUT2D eigenvalue weighted by molar-refractivity contribution is -0.127. The SMILES string of the molecule is CCCOC(=O)c1cc(NC(=O)CN2C(=O)S/C(=C\c3ccc(Sc4ccc(Cl)cc4)o3)C2=O)ccc1Cl. The molecule has 196 valence electrons. The second kappa shape index (κ2) is 12.6. The third-order valence-electron chi connectivity index (χ3n) is 4.99. The average molecular weight is 591 g/mol. The van der Waals surface area contributed by atoms with E-state index >= 15 is 0 Å². The van der Waals surface area contributed by atoms with Crippen LogP contribution in [0, 0.1) is 0 Å². The molecule has 0 aliphatic carbocycles. The summed E-state index contributed by atoms with van der Waals surface area (Å²) >= 11 is 14.1. The van der Waals surface area contributed by atoms with E-state index in [1.807, 2.05) is 19.1 Å². The van der Waals surface area contributed by atoms with Gasteiger partial charge in [0.1, 0.15) is 12.3 Å².